The van der Waals surface area contributed by atoms with E-state index in [-0.39, 0.29) is 32.2 Å². The lowest BCUT2D eigenvalue weighted by atomic mass is 10.2. The fraction of sp³-hybridized carbons (Fsp3) is 0.417. The van der Waals surface area contributed by atoms with Gasteiger partial charge in [0.2, 0.25) is 7.37 Å². The first kappa shape index (κ1) is 25.6. The summed E-state index contributed by atoms with van der Waals surface area (Å²) in [5, 5.41) is 2.50. The molecule has 2 rings (SSSR count). The lowest BCUT2D eigenvalue weighted by Gasteiger charge is -2.24. The van der Waals surface area contributed by atoms with E-state index in [0.29, 0.717) is 6.42 Å². The highest BCUT2D eigenvalue weighted by Gasteiger charge is 2.32. The number of amides is 1. The topological polar surface area (TPSA) is 102 Å². The van der Waals surface area contributed by atoms with Gasteiger partial charge in [0.05, 0.1) is 0 Å². The quantitative estimate of drug-likeness (QED) is 0.241. The van der Waals surface area contributed by atoms with Crippen LogP contribution in [0.15, 0.2) is 60.7 Å². The zero-order valence-corrected chi connectivity index (χ0v) is 19.3. The van der Waals surface area contributed by atoms with Gasteiger partial charge in [-0.3, -0.25) is 9.36 Å². The van der Waals surface area contributed by atoms with Crippen molar-refractivity contribution >= 4 is 19.4 Å². The summed E-state index contributed by atoms with van der Waals surface area (Å²) in [5.74, 6) is -1.57. The molecule has 0 fully saturated rings. The summed E-state index contributed by atoms with van der Waals surface area (Å²) in [5.41, 5.74) is 1.66. The summed E-state index contributed by atoms with van der Waals surface area (Å²) in [4.78, 5) is 35.0. The van der Waals surface area contributed by atoms with E-state index in [0.717, 1.165) is 24.0 Å². The fourth-order valence-corrected chi connectivity index (χ4v) is 4.91. The molecule has 2 N–H and O–H groups in total. The van der Waals surface area contributed by atoms with Crippen LogP contribution in [0.2, 0.25) is 0 Å². The monoisotopic (exact) mass is 461 g/mol. The molecule has 2 aromatic carbocycles. The highest BCUT2D eigenvalue weighted by atomic mass is 31.2. The molecule has 0 aliphatic rings. The Kier molecular flexibility index (Phi) is 11.0. The van der Waals surface area contributed by atoms with Crippen LogP contribution in [-0.2, 0) is 32.0 Å². The van der Waals surface area contributed by atoms with Gasteiger partial charge in [-0.05, 0) is 24.0 Å². The molecule has 0 aromatic heterocycles. The minimum absolute atomic E-state index is 0.00599. The summed E-state index contributed by atoms with van der Waals surface area (Å²) in [6.45, 7) is 2.18. The number of ether oxygens (including phenoxy) is 2. The maximum Gasteiger partial charge on any atom is 0.408 e. The SMILES string of the molecule is CCCCCP(=O)(O)C(CCC(=O)OCc1ccccc1)NC(=O)OCc1ccccc1. The Labute approximate surface area is 189 Å². The molecule has 0 radical (unpaired) electrons. The fourth-order valence-electron chi connectivity index (χ4n) is 3.08. The van der Waals surface area contributed by atoms with Crippen LogP contribution in [0.4, 0.5) is 4.79 Å². The van der Waals surface area contributed by atoms with Crippen LogP contribution in [-0.4, -0.2) is 28.9 Å². The molecule has 7 nitrogen and oxygen atoms in total. The summed E-state index contributed by atoms with van der Waals surface area (Å²) < 4.78 is 23.4. The predicted octanol–water partition coefficient (Wildman–Crippen LogP) is 5.22. The minimum atomic E-state index is -3.73. The number of hydrogen-bond donors (Lipinski definition) is 2. The third-order valence-corrected chi connectivity index (χ3v) is 7.25. The molecule has 0 heterocycles. The molecular weight excluding hydrogens is 429 g/mol. The molecule has 0 saturated carbocycles. The number of carbonyl (C=O) groups excluding carboxylic acids is 2. The van der Waals surface area contributed by atoms with Crippen LogP contribution >= 0.6 is 7.37 Å². The zero-order chi connectivity index (χ0) is 23.2. The average Bonchev–Trinajstić information content (AvgIpc) is 2.80. The van der Waals surface area contributed by atoms with Crippen molar-refractivity contribution in [3.8, 4) is 0 Å². The number of nitrogens with one attached hydrogen (secondary N) is 1. The number of unbranched alkanes of at least 4 members (excludes halogenated alkanes) is 2. The van der Waals surface area contributed by atoms with Crippen molar-refractivity contribution in [3.05, 3.63) is 71.8 Å². The van der Waals surface area contributed by atoms with Crippen molar-refractivity contribution in [1.82, 2.24) is 5.32 Å². The smallest absolute Gasteiger partial charge is 0.408 e. The van der Waals surface area contributed by atoms with Gasteiger partial charge in [-0.1, -0.05) is 80.4 Å². The molecule has 2 atom stereocenters. The molecule has 0 aliphatic carbocycles. The molecule has 0 aliphatic heterocycles. The summed E-state index contributed by atoms with van der Waals surface area (Å²) in [6.07, 6.45) is 1.48. The number of rotatable bonds is 13. The molecule has 0 saturated heterocycles. The molecular formula is C24H32NO6P. The first-order valence-corrected chi connectivity index (χ1v) is 12.8. The van der Waals surface area contributed by atoms with E-state index in [1.807, 2.05) is 67.6 Å². The van der Waals surface area contributed by atoms with E-state index < -0.39 is 25.2 Å². The van der Waals surface area contributed by atoms with E-state index in [1.165, 1.54) is 0 Å². The minimum Gasteiger partial charge on any atom is -0.461 e. The lowest BCUT2D eigenvalue weighted by molar-refractivity contribution is -0.145. The van der Waals surface area contributed by atoms with Crippen molar-refractivity contribution < 1.29 is 28.5 Å². The van der Waals surface area contributed by atoms with E-state index in [4.69, 9.17) is 9.47 Å². The first-order valence-electron chi connectivity index (χ1n) is 10.9. The number of hydrogen-bond acceptors (Lipinski definition) is 5. The van der Waals surface area contributed by atoms with Gasteiger partial charge < -0.3 is 19.7 Å². The van der Waals surface area contributed by atoms with Gasteiger partial charge in [-0.15, -0.1) is 0 Å². The van der Waals surface area contributed by atoms with Gasteiger partial charge in [0.1, 0.15) is 19.0 Å². The van der Waals surface area contributed by atoms with Crippen molar-refractivity contribution in [2.45, 2.75) is 58.0 Å². The molecule has 8 heteroatoms. The second-order valence-electron chi connectivity index (χ2n) is 7.59. The molecule has 32 heavy (non-hydrogen) atoms. The summed E-state index contributed by atoms with van der Waals surface area (Å²) in [7, 11) is -3.73. The van der Waals surface area contributed by atoms with Crippen molar-refractivity contribution in [2.24, 2.45) is 0 Å². The van der Waals surface area contributed by atoms with Gasteiger partial charge in [0, 0.05) is 12.6 Å². The van der Waals surface area contributed by atoms with Gasteiger partial charge in [-0.2, -0.15) is 0 Å². The molecule has 0 bridgehead atoms. The lowest BCUT2D eigenvalue weighted by Crippen LogP contribution is -2.36. The van der Waals surface area contributed by atoms with Crippen molar-refractivity contribution in [3.63, 3.8) is 0 Å². The number of esters is 1. The Hall–Kier alpha value is -2.63. The molecule has 174 valence electrons. The Morgan fingerprint density at radius 3 is 2.06 bits per heavy atom. The average molecular weight is 461 g/mol. The third-order valence-electron chi connectivity index (χ3n) is 4.93. The van der Waals surface area contributed by atoms with Crippen LogP contribution < -0.4 is 5.32 Å². The second-order valence-corrected chi connectivity index (χ2v) is 10.2. The van der Waals surface area contributed by atoms with Crippen molar-refractivity contribution in [1.29, 1.82) is 0 Å². The molecule has 2 aromatic rings. The predicted molar refractivity (Wildman–Crippen MR) is 123 cm³/mol. The van der Waals surface area contributed by atoms with E-state index in [2.05, 4.69) is 5.32 Å². The normalized spacial score (nSPS) is 13.6. The Bertz CT molecular complexity index is 875. The maximum absolute atomic E-state index is 12.9. The standard InChI is InChI=1S/C24H32NO6P/c1-2-3-10-17-32(28,29)22(25-24(27)31-19-21-13-8-5-9-14-21)15-16-23(26)30-18-20-11-6-4-7-12-20/h4-9,11-14,22H,2-3,10,15-19H2,1H3,(H,25,27)(H,28,29). The highest BCUT2D eigenvalue weighted by Crippen LogP contribution is 2.47. The van der Waals surface area contributed by atoms with Gasteiger partial charge >= 0.3 is 12.1 Å². The van der Waals surface area contributed by atoms with Gasteiger partial charge in [-0.25, -0.2) is 4.79 Å². The maximum atomic E-state index is 12.9. The summed E-state index contributed by atoms with van der Waals surface area (Å²) in [6, 6.07) is 18.4. The van der Waals surface area contributed by atoms with Gasteiger partial charge in [0.25, 0.3) is 0 Å². The number of carbonyl (C=O) groups is 2. The van der Waals surface area contributed by atoms with Crippen LogP contribution in [0, 0.1) is 0 Å². The Morgan fingerprint density at radius 1 is 0.938 bits per heavy atom. The molecule has 0 spiro atoms. The number of alkyl carbamates (subject to hydrolysis) is 1. The highest BCUT2D eigenvalue weighted by molar-refractivity contribution is 7.58. The van der Waals surface area contributed by atoms with Crippen molar-refractivity contribution in [2.75, 3.05) is 6.16 Å². The molecule has 1 amide bonds. The summed E-state index contributed by atoms with van der Waals surface area (Å²) >= 11 is 0. The van der Waals surface area contributed by atoms with E-state index >= 15 is 0 Å². The largest absolute Gasteiger partial charge is 0.461 e. The number of benzene rings is 2. The van der Waals surface area contributed by atoms with Crippen LogP contribution in [0.5, 0.6) is 0 Å². The first-order chi connectivity index (χ1) is 15.4. The van der Waals surface area contributed by atoms with E-state index in [9.17, 15) is 19.0 Å². The van der Waals surface area contributed by atoms with E-state index in [1.54, 1.807) is 0 Å². The Balaban J connectivity index is 1.91. The van der Waals surface area contributed by atoms with Crippen LogP contribution in [0.1, 0.15) is 50.2 Å². The molecule has 2 unspecified atom stereocenters. The van der Waals surface area contributed by atoms with Crippen LogP contribution in [0.3, 0.4) is 0 Å². The zero-order valence-electron chi connectivity index (χ0n) is 18.4. The second kappa shape index (κ2) is 13.7. The van der Waals surface area contributed by atoms with Crippen LogP contribution in [0.25, 0.3) is 0 Å². The Morgan fingerprint density at radius 2 is 1.50 bits per heavy atom. The van der Waals surface area contributed by atoms with Gasteiger partial charge in [0.15, 0.2) is 0 Å². The third kappa shape index (κ3) is 9.67.